The Bertz CT molecular complexity index is 860. The zero-order valence-corrected chi connectivity index (χ0v) is 21.3. The highest BCUT2D eigenvalue weighted by Crippen LogP contribution is 2.31. The lowest BCUT2D eigenvalue weighted by Gasteiger charge is -2.27. The number of nitrogens with two attached hydrogens (primary N) is 1. The molecule has 4 N–H and O–H groups in total. The van der Waals surface area contributed by atoms with Gasteiger partial charge in [0.05, 0.1) is 19.6 Å². The van der Waals surface area contributed by atoms with Gasteiger partial charge >= 0.3 is 5.97 Å². The molecule has 0 atom stereocenters. The van der Waals surface area contributed by atoms with Crippen molar-refractivity contribution in [3.05, 3.63) is 35.9 Å². The fraction of sp³-hybridized carbons (Fsp3) is 0.593. The van der Waals surface area contributed by atoms with E-state index in [4.69, 9.17) is 15.2 Å². The summed E-state index contributed by atoms with van der Waals surface area (Å²) in [5, 5.41) is 5.81. The third-order valence-corrected chi connectivity index (χ3v) is 6.08. The van der Waals surface area contributed by atoms with Crippen molar-refractivity contribution < 1.29 is 23.9 Å². The second kappa shape index (κ2) is 15.2. The maximum atomic E-state index is 12.7. The highest BCUT2D eigenvalue weighted by Gasteiger charge is 2.29. The van der Waals surface area contributed by atoms with E-state index in [-0.39, 0.29) is 36.3 Å². The predicted molar refractivity (Wildman–Crippen MR) is 136 cm³/mol. The summed E-state index contributed by atoms with van der Waals surface area (Å²) in [4.78, 5) is 36.3. The number of unbranched alkanes of at least 4 members (excludes halogenated alkanes) is 2. The first-order valence-electron chi connectivity index (χ1n) is 12.6. The molecule has 0 saturated heterocycles. The fourth-order valence-corrected chi connectivity index (χ4v) is 4.06. The van der Waals surface area contributed by atoms with Gasteiger partial charge in [-0.15, -0.1) is 0 Å². The molecule has 194 valence electrons. The number of hydrogen-bond acceptors (Lipinski definition) is 6. The quantitative estimate of drug-likeness (QED) is 0.169. The lowest BCUT2D eigenvalue weighted by atomic mass is 9.86. The topological polar surface area (TPSA) is 120 Å². The molecule has 0 unspecified atom stereocenters. The van der Waals surface area contributed by atoms with Crippen molar-refractivity contribution in [2.45, 2.75) is 77.8 Å². The molecule has 1 aromatic carbocycles. The van der Waals surface area contributed by atoms with Crippen molar-refractivity contribution in [1.82, 2.24) is 10.6 Å². The number of ether oxygens (including phenoxy) is 2. The van der Waals surface area contributed by atoms with Crippen LogP contribution in [0.1, 0.15) is 70.8 Å². The summed E-state index contributed by atoms with van der Waals surface area (Å²) in [7, 11) is 1.52. The Morgan fingerprint density at radius 3 is 2.49 bits per heavy atom. The molecule has 0 radical (unpaired) electrons. The molecule has 1 fully saturated rings. The van der Waals surface area contributed by atoms with Gasteiger partial charge in [0.2, 0.25) is 11.8 Å². The van der Waals surface area contributed by atoms with Crippen LogP contribution in [0.4, 0.5) is 0 Å². The first-order valence-corrected chi connectivity index (χ1v) is 12.6. The van der Waals surface area contributed by atoms with Crippen LogP contribution in [-0.4, -0.2) is 37.5 Å². The van der Waals surface area contributed by atoms with Gasteiger partial charge < -0.3 is 25.8 Å². The molecule has 0 heterocycles. The van der Waals surface area contributed by atoms with Crippen LogP contribution in [-0.2, 0) is 20.9 Å². The van der Waals surface area contributed by atoms with Crippen LogP contribution >= 0.6 is 0 Å². The van der Waals surface area contributed by atoms with Crippen molar-refractivity contribution >= 4 is 17.8 Å². The van der Waals surface area contributed by atoms with Crippen LogP contribution < -0.4 is 25.8 Å². The van der Waals surface area contributed by atoms with E-state index in [2.05, 4.69) is 36.6 Å². The third-order valence-electron chi connectivity index (χ3n) is 6.08. The number of methoxy groups -OCH3 is 1. The Kier molecular flexibility index (Phi) is 12.3. The highest BCUT2D eigenvalue weighted by atomic mass is 16.6. The highest BCUT2D eigenvalue weighted by molar-refractivity contribution is 5.78. The van der Waals surface area contributed by atoms with E-state index in [0.29, 0.717) is 43.2 Å². The van der Waals surface area contributed by atoms with Gasteiger partial charge in [0.25, 0.3) is 0 Å². The minimum absolute atomic E-state index is 0.0190. The minimum atomic E-state index is -0.295. The second-order valence-electron chi connectivity index (χ2n) is 9.42. The molecule has 1 aliphatic carbocycles. The largest absolute Gasteiger partial charge is 0.493 e. The maximum absolute atomic E-state index is 12.7. The Morgan fingerprint density at radius 2 is 1.83 bits per heavy atom. The van der Waals surface area contributed by atoms with Crippen LogP contribution in [0.3, 0.4) is 0 Å². The second-order valence-corrected chi connectivity index (χ2v) is 9.42. The van der Waals surface area contributed by atoms with Gasteiger partial charge in [-0.3, -0.25) is 14.4 Å². The summed E-state index contributed by atoms with van der Waals surface area (Å²) >= 11 is 0. The van der Waals surface area contributed by atoms with Crippen LogP contribution in [0.5, 0.6) is 11.5 Å². The van der Waals surface area contributed by atoms with Crippen molar-refractivity contribution in [3.8, 4) is 11.5 Å². The summed E-state index contributed by atoms with van der Waals surface area (Å²) < 4.78 is 11.0. The van der Waals surface area contributed by atoms with E-state index in [1.165, 1.54) is 7.11 Å². The van der Waals surface area contributed by atoms with Gasteiger partial charge in [0.15, 0.2) is 11.5 Å². The van der Waals surface area contributed by atoms with Gasteiger partial charge in [-0.2, -0.15) is 0 Å². The van der Waals surface area contributed by atoms with Crippen LogP contribution in [0.2, 0.25) is 0 Å². The zero-order chi connectivity index (χ0) is 25.6. The molecule has 0 spiro atoms. The number of esters is 1. The zero-order valence-electron chi connectivity index (χ0n) is 21.3. The molecule has 8 nitrogen and oxygen atoms in total. The van der Waals surface area contributed by atoms with Gasteiger partial charge in [0.1, 0.15) is 0 Å². The van der Waals surface area contributed by atoms with E-state index in [9.17, 15) is 14.4 Å². The van der Waals surface area contributed by atoms with Crippen LogP contribution in [0, 0.1) is 11.8 Å². The summed E-state index contributed by atoms with van der Waals surface area (Å²) in [6, 6.07) is 5.35. The molecular weight excluding hydrogens is 446 g/mol. The normalized spacial score (nSPS) is 17.9. The fourth-order valence-electron chi connectivity index (χ4n) is 4.06. The molecule has 0 bridgehead atoms. The van der Waals surface area contributed by atoms with Crippen molar-refractivity contribution in [3.63, 3.8) is 0 Å². The van der Waals surface area contributed by atoms with Gasteiger partial charge in [-0.1, -0.05) is 32.1 Å². The summed E-state index contributed by atoms with van der Waals surface area (Å²) in [5.74, 6) is 0.702. The van der Waals surface area contributed by atoms with E-state index in [1.54, 1.807) is 12.1 Å². The minimum Gasteiger partial charge on any atom is -0.493 e. The number of benzene rings is 1. The average molecular weight is 488 g/mol. The number of allylic oxidation sites excluding steroid dienone is 2. The predicted octanol–water partition coefficient (Wildman–Crippen LogP) is 3.62. The molecule has 1 aliphatic rings. The smallest absolute Gasteiger partial charge is 0.314 e. The van der Waals surface area contributed by atoms with Crippen molar-refractivity contribution in [2.24, 2.45) is 17.6 Å². The number of nitrogens with one attached hydrogen (secondary N) is 2. The third kappa shape index (κ3) is 10.5. The van der Waals surface area contributed by atoms with Crippen LogP contribution in [0.25, 0.3) is 0 Å². The Morgan fingerprint density at radius 1 is 1.09 bits per heavy atom. The summed E-state index contributed by atoms with van der Waals surface area (Å²) in [6.45, 7) is 4.65. The Balaban J connectivity index is 1.77. The van der Waals surface area contributed by atoms with Crippen molar-refractivity contribution in [2.75, 3.05) is 13.7 Å². The number of hydrogen-bond donors (Lipinski definition) is 3. The number of carbonyl (C=O) groups is 3. The van der Waals surface area contributed by atoms with Gasteiger partial charge in [-0.05, 0) is 68.6 Å². The molecule has 0 aliphatic heterocycles. The Labute approximate surface area is 209 Å². The lowest BCUT2D eigenvalue weighted by molar-refractivity contribution is -0.140. The average Bonchev–Trinajstić information content (AvgIpc) is 2.85. The SMILES string of the molecule is COc1cc(CNC(=O)CCCC/C=C/C(C)C)ccc1OC(=O)C1CCC(NC(=O)CN)CC1. The first kappa shape index (κ1) is 28.4. The maximum Gasteiger partial charge on any atom is 0.314 e. The number of amides is 2. The van der Waals surface area contributed by atoms with Crippen molar-refractivity contribution in [1.29, 1.82) is 0 Å². The summed E-state index contributed by atoms with van der Waals surface area (Å²) in [5.41, 5.74) is 6.21. The number of carbonyl (C=O) groups excluding carboxylic acids is 3. The summed E-state index contributed by atoms with van der Waals surface area (Å²) in [6.07, 6.45) is 10.4. The van der Waals surface area contributed by atoms with E-state index in [1.807, 2.05) is 6.07 Å². The van der Waals surface area contributed by atoms with E-state index < -0.39 is 0 Å². The molecule has 8 heteroatoms. The van der Waals surface area contributed by atoms with E-state index in [0.717, 1.165) is 37.7 Å². The molecule has 1 saturated carbocycles. The lowest BCUT2D eigenvalue weighted by Crippen LogP contribution is -2.41. The first-order chi connectivity index (χ1) is 16.8. The van der Waals surface area contributed by atoms with E-state index >= 15 is 0 Å². The Hall–Kier alpha value is -2.87. The molecular formula is C27H41N3O5. The van der Waals surface area contributed by atoms with Crippen LogP contribution in [0.15, 0.2) is 30.4 Å². The number of rotatable bonds is 13. The molecule has 2 rings (SSSR count). The van der Waals surface area contributed by atoms with Gasteiger partial charge in [0, 0.05) is 19.0 Å². The van der Waals surface area contributed by atoms with Gasteiger partial charge in [-0.25, -0.2) is 0 Å². The molecule has 2 amide bonds. The molecule has 1 aromatic rings. The molecule has 35 heavy (non-hydrogen) atoms. The standard InChI is InChI=1S/C27H41N3O5/c1-19(2)8-6-4-5-7-9-25(31)29-18-20-10-15-23(24(16-20)34-3)35-27(33)21-11-13-22(14-12-21)30-26(32)17-28/h6,8,10,15-16,19,21-22H,4-5,7,9,11-14,17-18,28H2,1-3H3,(H,29,31)(H,30,32)/b8-6+. The monoisotopic (exact) mass is 487 g/mol. The molecule has 0 aromatic heterocycles.